The Morgan fingerprint density at radius 1 is 1.30 bits per heavy atom. The molecule has 1 unspecified atom stereocenters. The normalized spacial score (nSPS) is 20.5. The molecule has 4 N–H and O–H groups in total. The lowest BCUT2D eigenvalue weighted by molar-refractivity contribution is 0.0448. The Morgan fingerprint density at radius 2 is 2.17 bits per heavy atom. The highest BCUT2D eigenvalue weighted by Gasteiger charge is 2.31. The zero-order chi connectivity index (χ0) is 20.7. The van der Waals surface area contributed by atoms with Crippen LogP contribution in [0.25, 0.3) is 5.65 Å². The van der Waals surface area contributed by atoms with E-state index in [1.54, 1.807) is 23.8 Å². The zero-order valence-electron chi connectivity index (χ0n) is 16.5. The van der Waals surface area contributed by atoms with Crippen LogP contribution < -0.4 is 20.7 Å². The van der Waals surface area contributed by atoms with Crippen LogP contribution in [-0.4, -0.2) is 55.9 Å². The number of nitrogens with one attached hydrogen (secondary N) is 3. The van der Waals surface area contributed by atoms with Crippen LogP contribution >= 0.6 is 0 Å². The van der Waals surface area contributed by atoms with Crippen LogP contribution in [0.4, 0.5) is 17.3 Å². The standard InChI is InChI=1S/C20H23N7O3/c1-21-17-9-16(24-14-3-2-8-22-20(14)30-11-4-5-11)26-18-12(10-23-27(17)18)19(29)25-13-6-7-15(13)28/h2-3,8-11,13,15,21,28H,4-7H2,1H3,(H,24,26)(H,25,29)/t13?,15-/m1/s1. The number of carbonyl (C=O) groups is 1. The van der Waals surface area contributed by atoms with Gasteiger partial charge in [0.15, 0.2) is 5.65 Å². The summed E-state index contributed by atoms with van der Waals surface area (Å²) < 4.78 is 7.44. The third-order valence-electron chi connectivity index (χ3n) is 5.36. The third kappa shape index (κ3) is 3.50. The number of carbonyl (C=O) groups excluding carboxylic acids is 1. The summed E-state index contributed by atoms with van der Waals surface area (Å²) in [6.07, 6.45) is 6.43. The molecule has 3 aromatic rings. The highest BCUT2D eigenvalue weighted by molar-refractivity contribution is 6.00. The number of aromatic nitrogens is 4. The van der Waals surface area contributed by atoms with Gasteiger partial charge in [-0.15, -0.1) is 0 Å². The maximum atomic E-state index is 12.7. The molecule has 0 saturated heterocycles. The average molecular weight is 409 g/mol. The number of nitrogens with zero attached hydrogens (tertiary/aromatic N) is 4. The molecule has 0 aliphatic heterocycles. The first-order valence-electron chi connectivity index (χ1n) is 10.1. The lowest BCUT2D eigenvalue weighted by Gasteiger charge is -2.32. The fourth-order valence-corrected chi connectivity index (χ4v) is 3.32. The van der Waals surface area contributed by atoms with E-state index < -0.39 is 6.10 Å². The molecular weight excluding hydrogens is 386 g/mol. The number of hydrogen-bond acceptors (Lipinski definition) is 8. The molecule has 0 bridgehead atoms. The summed E-state index contributed by atoms with van der Waals surface area (Å²) in [5, 5.41) is 23.2. The van der Waals surface area contributed by atoms with Gasteiger partial charge in [-0.3, -0.25) is 4.79 Å². The van der Waals surface area contributed by atoms with Crippen molar-refractivity contribution in [1.82, 2.24) is 24.9 Å². The van der Waals surface area contributed by atoms with Gasteiger partial charge in [-0.2, -0.15) is 9.61 Å². The summed E-state index contributed by atoms with van der Waals surface area (Å²) in [4.78, 5) is 21.7. The minimum atomic E-state index is -0.496. The van der Waals surface area contributed by atoms with Gasteiger partial charge < -0.3 is 25.8 Å². The van der Waals surface area contributed by atoms with Gasteiger partial charge in [-0.25, -0.2) is 9.97 Å². The number of rotatable bonds is 7. The van der Waals surface area contributed by atoms with Crippen LogP contribution in [0.15, 0.2) is 30.6 Å². The first-order valence-corrected chi connectivity index (χ1v) is 10.1. The Morgan fingerprint density at radius 3 is 2.87 bits per heavy atom. The quantitative estimate of drug-likeness (QED) is 0.465. The molecule has 3 heterocycles. The highest BCUT2D eigenvalue weighted by Crippen LogP contribution is 2.32. The average Bonchev–Trinajstić information content (AvgIpc) is 3.47. The van der Waals surface area contributed by atoms with Gasteiger partial charge in [0.2, 0.25) is 5.88 Å². The largest absolute Gasteiger partial charge is 0.473 e. The molecule has 0 spiro atoms. The second kappa shape index (κ2) is 7.45. The topological polar surface area (TPSA) is 126 Å². The summed E-state index contributed by atoms with van der Waals surface area (Å²) in [7, 11) is 1.77. The van der Waals surface area contributed by atoms with Crippen LogP contribution in [-0.2, 0) is 0 Å². The summed E-state index contributed by atoms with van der Waals surface area (Å²) >= 11 is 0. The number of fused-ring (bicyclic) bond motifs is 1. The first-order chi connectivity index (χ1) is 14.6. The molecule has 2 saturated carbocycles. The van der Waals surface area contributed by atoms with Gasteiger partial charge >= 0.3 is 0 Å². The molecule has 5 rings (SSSR count). The van der Waals surface area contributed by atoms with Crippen molar-refractivity contribution in [2.75, 3.05) is 17.7 Å². The zero-order valence-corrected chi connectivity index (χ0v) is 16.5. The predicted molar refractivity (Wildman–Crippen MR) is 110 cm³/mol. The number of ether oxygens (including phenoxy) is 1. The van der Waals surface area contributed by atoms with Gasteiger partial charge in [0.05, 0.1) is 18.3 Å². The fraction of sp³-hybridized carbons (Fsp3) is 0.400. The molecule has 2 atom stereocenters. The van der Waals surface area contributed by atoms with Gasteiger partial charge in [-0.05, 0) is 37.8 Å². The molecule has 2 aliphatic carbocycles. The molecule has 3 aromatic heterocycles. The van der Waals surface area contributed by atoms with E-state index in [1.807, 2.05) is 12.1 Å². The van der Waals surface area contributed by atoms with Crippen LogP contribution in [0.5, 0.6) is 5.88 Å². The molecule has 2 fully saturated rings. The van der Waals surface area contributed by atoms with Crippen molar-refractivity contribution in [1.29, 1.82) is 0 Å². The van der Waals surface area contributed by atoms with E-state index in [2.05, 4.69) is 31.0 Å². The molecule has 1 amide bonds. The molecule has 0 aromatic carbocycles. The first kappa shape index (κ1) is 18.6. The van der Waals surface area contributed by atoms with E-state index in [-0.39, 0.29) is 18.1 Å². The molecule has 30 heavy (non-hydrogen) atoms. The summed E-state index contributed by atoms with van der Waals surface area (Å²) in [5.74, 6) is 1.41. The fourth-order valence-electron chi connectivity index (χ4n) is 3.32. The number of amides is 1. The number of pyridine rings is 1. The van der Waals surface area contributed by atoms with Crippen molar-refractivity contribution < 1.29 is 14.6 Å². The van der Waals surface area contributed by atoms with E-state index in [4.69, 9.17) is 4.74 Å². The molecular formula is C20H23N7O3. The monoisotopic (exact) mass is 409 g/mol. The van der Waals surface area contributed by atoms with Crippen molar-refractivity contribution >= 4 is 28.9 Å². The Hall–Kier alpha value is -3.40. The number of aliphatic hydroxyl groups is 1. The molecule has 0 radical (unpaired) electrons. The van der Waals surface area contributed by atoms with Crippen molar-refractivity contribution in [3.8, 4) is 5.88 Å². The predicted octanol–water partition coefficient (Wildman–Crippen LogP) is 1.70. The van der Waals surface area contributed by atoms with E-state index in [0.29, 0.717) is 40.8 Å². The van der Waals surface area contributed by atoms with Crippen LogP contribution in [0, 0.1) is 0 Å². The van der Waals surface area contributed by atoms with E-state index in [9.17, 15) is 9.90 Å². The van der Waals surface area contributed by atoms with Crippen molar-refractivity contribution in [2.45, 2.75) is 43.9 Å². The smallest absolute Gasteiger partial charge is 0.257 e. The maximum absolute atomic E-state index is 12.7. The van der Waals surface area contributed by atoms with Crippen LogP contribution in [0.1, 0.15) is 36.0 Å². The third-order valence-corrected chi connectivity index (χ3v) is 5.36. The van der Waals surface area contributed by atoms with Crippen molar-refractivity contribution in [3.63, 3.8) is 0 Å². The maximum Gasteiger partial charge on any atom is 0.257 e. The highest BCUT2D eigenvalue weighted by atomic mass is 16.5. The summed E-state index contributed by atoms with van der Waals surface area (Å²) in [6.45, 7) is 0. The number of hydrogen-bond donors (Lipinski definition) is 4. The van der Waals surface area contributed by atoms with E-state index >= 15 is 0 Å². The minimum Gasteiger partial charge on any atom is -0.473 e. The molecule has 10 nitrogen and oxygen atoms in total. The number of aliphatic hydroxyl groups excluding tert-OH is 1. The van der Waals surface area contributed by atoms with Gasteiger partial charge in [0.25, 0.3) is 5.91 Å². The lowest BCUT2D eigenvalue weighted by atomic mass is 9.89. The van der Waals surface area contributed by atoms with Crippen molar-refractivity contribution in [3.05, 3.63) is 36.2 Å². The molecule has 156 valence electrons. The van der Waals surface area contributed by atoms with Crippen LogP contribution in [0.2, 0.25) is 0 Å². The Balaban J connectivity index is 1.46. The Kier molecular flexibility index (Phi) is 4.62. The Labute approximate surface area is 172 Å². The van der Waals surface area contributed by atoms with Crippen molar-refractivity contribution in [2.24, 2.45) is 0 Å². The second-order valence-corrected chi connectivity index (χ2v) is 7.59. The van der Waals surface area contributed by atoms with Gasteiger partial charge in [0.1, 0.15) is 29.0 Å². The van der Waals surface area contributed by atoms with Crippen LogP contribution in [0.3, 0.4) is 0 Å². The van der Waals surface area contributed by atoms with Gasteiger partial charge in [0, 0.05) is 19.3 Å². The SMILES string of the molecule is CNc1cc(Nc2cccnc2OC2CC2)nc2c(C(=O)NC3CC[C@H]3O)cnn12. The lowest BCUT2D eigenvalue weighted by Crippen LogP contribution is -2.50. The Bertz CT molecular complexity index is 1100. The van der Waals surface area contributed by atoms with E-state index in [1.165, 1.54) is 6.20 Å². The number of anilines is 3. The summed E-state index contributed by atoms with van der Waals surface area (Å²) in [6, 6.07) is 5.26. The second-order valence-electron chi connectivity index (χ2n) is 7.59. The summed E-state index contributed by atoms with van der Waals surface area (Å²) in [5.41, 5.74) is 1.45. The minimum absolute atomic E-state index is 0.218. The van der Waals surface area contributed by atoms with E-state index in [0.717, 1.165) is 19.3 Å². The molecule has 10 heteroatoms. The van der Waals surface area contributed by atoms with Gasteiger partial charge in [-0.1, -0.05) is 0 Å². The molecule has 2 aliphatic rings.